The maximum atomic E-state index is 12.1. The third-order valence-corrected chi connectivity index (χ3v) is 3.64. The summed E-state index contributed by atoms with van der Waals surface area (Å²) in [5.74, 6) is 0.621. The minimum Gasteiger partial charge on any atom is -0.335 e. The fraction of sp³-hybridized carbons (Fsp3) is 0.923. The molecule has 0 aromatic heterocycles. The van der Waals surface area contributed by atoms with Gasteiger partial charge in [-0.15, -0.1) is 0 Å². The largest absolute Gasteiger partial charge is 0.335 e. The number of urea groups is 1. The predicted octanol–water partition coefficient (Wildman–Crippen LogP) is 1.57. The van der Waals surface area contributed by atoms with Crippen molar-refractivity contribution in [3.8, 4) is 0 Å². The van der Waals surface area contributed by atoms with Crippen LogP contribution < -0.4 is 10.6 Å². The molecule has 0 radical (unpaired) electrons. The Kier molecular flexibility index (Phi) is 4.26. The van der Waals surface area contributed by atoms with Crippen LogP contribution in [-0.2, 0) is 0 Å². The topological polar surface area (TPSA) is 44.4 Å². The number of amides is 2. The van der Waals surface area contributed by atoms with Gasteiger partial charge in [0.15, 0.2) is 0 Å². The van der Waals surface area contributed by atoms with Gasteiger partial charge in [-0.3, -0.25) is 0 Å². The fourth-order valence-electron chi connectivity index (χ4n) is 2.37. The van der Waals surface area contributed by atoms with Gasteiger partial charge in [0, 0.05) is 18.6 Å². The van der Waals surface area contributed by atoms with E-state index < -0.39 is 0 Å². The van der Waals surface area contributed by atoms with Crippen LogP contribution in [0.15, 0.2) is 0 Å². The van der Waals surface area contributed by atoms with Crippen molar-refractivity contribution in [3.05, 3.63) is 0 Å². The molecule has 2 amide bonds. The average Bonchev–Trinajstić information content (AvgIpc) is 3.10. The highest BCUT2D eigenvalue weighted by molar-refractivity contribution is 5.75. The second-order valence-electron chi connectivity index (χ2n) is 5.68. The van der Waals surface area contributed by atoms with E-state index in [1.54, 1.807) is 0 Å². The number of carbonyl (C=O) groups is 1. The Bertz CT molecular complexity index is 257. The molecule has 0 bridgehead atoms. The molecule has 0 aromatic rings. The van der Waals surface area contributed by atoms with Crippen LogP contribution >= 0.6 is 0 Å². The first-order chi connectivity index (χ1) is 8.16. The van der Waals surface area contributed by atoms with Crippen molar-refractivity contribution < 1.29 is 4.79 Å². The van der Waals surface area contributed by atoms with Crippen molar-refractivity contribution in [1.82, 2.24) is 15.5 Å². The molecule has 2 fully saturated rings. The zero-order valence-corrected chi connectivity index (χ0v) is 11.0. The van der Waals surface area contributed by atoms with E-state index >= 15 is 0 Å². The molecule has 1 atom stereocenters. The van der Waals surface area contributed by atoms with Crippen molar-refractivity contribution in [2.45, 2.75) is 51.6 Å². The van der Waals surface area contributed by atoms with Crippen LogP contribution in [0.3, 0.4) is 0 Å². The van der Waals surface area contributed by atoms with Crippen LogP contribution in [0.2, 0.25) is 0 Å². The second-order valence-corrected chi connectivity index (χ2v) is 5.68. The van der Waals surface area contributed by atoms with Crippen LogP contribution in [0.5, 0.6) is 0 Å². The van der Waals surface area contributed by atoms with Crippen molar-refractivity contribution in [3.63, 3.8) is 0 Å². The van der Waals surface area contributed by atoms with Crippen LogP contribution in [0.4, 0.5) is 4.79 Å². The van der Waals surface area contributed by atoms with E-state index in [1.807, 2.05) is 4.90 Å². The summed E-state index contributed by atoms with van der Waals surface area (Å²) in [5, 5.41) is 6.50. The average molecular weight is 239 g/mol. The Balaban J connectivity index is 1.83. The van der Waals surface area contributed by atoms with Gasteiger partial charge in [0.05, 0.1) is 0 Å². The maximum Gasteiger partial charge on any atom is 0.317 e. The summed E-state index contributed by atoms with van der Waals surface area (Å²) >= 11 is 0. The lowest BCUT2D eigenvalue weighted by molar-refractivity contribution is 0.163. The van der Waals surface area contributed by atoms with E-state index in [0.717, 1.165) is 32.5 Å². The molecule has 1 saturated heterocycles. The SMILES string of the molecule is CC(C)N(CC1CCCNC1)C(=O)NC1CC1. The number of rotatable bonds is 4. The molecule has 1 aliphatic heterocycles. The first-order valence-electron chi connectivity index (χ1n) is 6.94. The van der Waals surface area contributed by atoms with Gasteiger partial charge in [-0.2, -0.15) is 0 Å². The third kappa shape index (κ3) is 3.87. The summed E-state index contributed by atoms with van der Waals surface area (Å²) in [7, 11) is 0. The Morgan fingerprint density at radius 1 is 1.41 bits per heavy atom. The minimum absolute atomic E-state index is 0.132. The van der Waals surface area contributed by atoms with Gasteiger partial charge in [0.1, 0.15) is 0 Å². The number of hydrogen-bond donors (Lipinski definition) is 2. The van der Waals surface area contributed by atoms with Gasteiger partial charge < -0.3 is 15.5 Å². The quantitative estimate of drug-likeness (QED) is 0.782. The molecule has 2 aliphatic rings. The van der Waals surface area contributed by atoms with Crippen molar-refractivity contribution >= 4 is 6.03 Å². The smallest absolute Gasteiger partial charge is 0.317 e. The van der Waals surface area contributed by atoms with Gasteiger partial charge in [0.2, 0.25) is 0 Å². The van der Waals surface area contributed by atoms with Crippen LogP contribution in [0.25, 0.3) is 0 Å². The summed E-state index contributed by atoms with van der Waals surface area (Å²) in [6.07, 6.45) is 4.79. The molecular weight excluding hydrogens is 214 g/mol. The highest BCUT2D eigenvalue weighted by Gasteiger charge is 2.28. The molecule has 4 heteroatoms. The van der Waals surface area contributed by atoms with Gasteiger partial charge in [-0.1, -0.05) is 0 Å². The van der Waals surface area contributed by atoms with Gasteiger partial charge in [0.25, 0.3) is 0 Å². The molecule has 0 aromatic carbocycles. The molecule has 1 heterocycles. The molecule has 17 heavy (non-hydrogen) atoms. The summed E-state index contributed by atoms with van der Waals surface area (Å²) < 4.78 is 0. The van der Waals surface area contributed by atoms with E-state index in [2.05, 4.69) is 24.5 Å². The number of nitrogens with one attached hydrogen (secondary N) is 2. The van der Waals surface area contributed by atoms with Crippen molar-refractivity contribution in [2.75, 3.05) is 19.6 Å². The zero-order valence-electron chi connectivity index (χ0n) is 11.0. The van der Waals surface area contributed by atoms with E-state index in [0.29, 0.717) is 12.0 Å². The third-order valence-electron chi connectivity index (χ3n) is 3.64. The van der Waals surface area contributed by atoms with E-state index in [1.165, 1.54) is 12.8 Å². The lowest BCUT2D eigenvalue weighted by Crippen LogP contribution is -2.48. The van der Waals surface area contributed by atoms with Crippen molar-refractivity contribution in [2.24, 2.45) is 5.92 Å². The van der Waals surface area contributed by atoms with Crippen LogP contribution in [0.1, 0.15) is 39.5 Å². The van der Waals surface area contributed by atoms with Gasteiger partial charge in [-0.25, -0.2) is 4.79 Å². The summed E-state index contributed by atoms with van der Waals surface area (Å²) in [4.78, 5) is 14.1. The van der Waals surface area contributed by atoms with E-state index in [-0.39, 0.29) is 12.1 Å². The Morgan fingerprint density at radius 2 is 2.18 bits per heavy atom. The van der Waals surface area contributed by atoms with Crippen LogP contribution in [-0.4, -0.2) is 42.6 Å². The van der Waals surface area contributed by atoms with Gasteiger partial charge in [-0.05, 0) is 58.5 Å². The molecule has 4 nitrogen and oxygen atoms in total. The Morgan fingerprint density at radius 3 is 2.71 bits per heavy atom. The molecule has 0 spiro atoms. The number of nitrogens with zero attached hydrogens (tertiary/aromatic N) is 1. The maximum absolute atomic E-state index is 12.1. The zero-order chi connectivity index (χ0) is 12.3. The van der Waals surface area contributed by atoms with Crippen LogP contribution in [0, 0.1) is 5.92 Å². The van der Waals surface area contributed by atoms with Gasteiger partial charge >= 0.3 is 6.03 Å². The Labute approximate surface area is 104 Å². The summed E-state index contributed by atoms with van der Waals surface area (Å²) in [6, 6.07) is 0.872. The molecule has 1 aliphatic carbocycles. The standard InChI is InChI=1S/C13H25N3O/c1-10(2)16(13(17)15-12-5-6-12)9-11-4-3-7-14-8-11/h10-12,14H,3-9H2,1-2H3,(H,15,17). The molecular formula is C13H25N3O. The minimum atomic E-state index is 0.132. The molecule has 1 unspecified atom stereocenters. The van der Waals surface area contributed by atoms with Crippen molar-refractivity contribution in [1.29, 1.82) is 0 Å². The number of piperidine rings is 1. The molecule has 1 saturated carbocycles. The lowest BCUT2D eigenvalue weighted by atomic mass is 9.99. The molecule has 98 valence electrons. The van der Waals surface area contributed by atoms with E-state index in [9.17, 15) is 4.79 Å². The summed E-state index contributed by atoms with van der Waals surface area (Å²) in [6.45, 7) is 7.28. The first-order valence-corrected chi connectivity index (χ1v) is 6.94. The van der Waals surface area contributed by atoms with E-state index in [4.69, 9.17) is 0 Å². The predicted molar refractivity (Wildman–Crippen MR) is 69.0 cm³/mol. The second kappa shape index (κ2) is 5.71. The highest BCUT2D eigenvalue weighted by Crippen LogP contribution is 2.20. The monoisotopic (exact) mass is 239 g/mol. The summed E-state index contributed by atoms with van der Waals surface area (Å²) in [5.41, 5.74) is 0. The number of hydrogen-bond acceptors (Lipinski definition) is 2. The fourth-order valence-corrected chi connectivity index (χ4v) is 2.37. The first kappa shape index (κ1) is 12.7. The number of carbonyl (C=O) groups excluding carboxylic acids is 1. The molecule has 2 rings (SSSR count). The Hall–Kier alpha value is -0.770. The lowest BCUT2D eigenvalue weighted by Gasteiger charge is -2.33. The highest BCUT2D eigenvalue weighted by atomic mass is 16.2. The molecule has 2 N–H and O–H groups in total. The normalized spacial score (nSPS) is 24.8.